The largest absolute Gasteiger partial charge is 0.353 e. The van der Waals surface area contributed by atoms with Crippen LogP contribution in [-0.4, -0.2) is 46.1 Å². The number of benzene rings is 1. The van der Waals surface area contributed by atoms with E-state index in [9.17, 15) is 4.39 Å². The van der Waals surface area contributed by atoms with E-state index in [4.69, 9.17) is 0 Å². The molecule has 4 heterocycles. The normalized spacial score (nSPS) is 15.1. The van der Waals surface area contributed by atoms with E-state index in [0.717, 1.165) is 59.8 Å². The molecule has 1 aliphatic heterocycles. The molecule has 0 spiro atoms. The molecule has 0 atom stereocenters. The first kappa shape index (κ1) is 15.1. The number of anilines is 2. The van der Waals surface area contributed by atoms with Gasteiger partial charge in [-0.3, -0.25) is 0 Å². The molecule has 0 saturated carbocycles. The summed E-state index contributed by atoms with van der Waals surface area (Å²) in [5.74, 6) is 1.61. The van der Waals surface area contributed by atoms with Gasteiger partial charge in [0, 0.05) is 43.3 Å². The van der Waals surface area contributed by atoms with Crippen LogP contribution in [0.25, 0.3) is 21.9 Å². The molecule has 0 aliphatic carbocycles. The van der Waals surface area contributed by atoms with Gasteiger partial charge in [-0.15, -0.1) is 0 Å². The summed E-state index contributed by atoms with van der Waals surface area (Å²) < 4.78 is 13.6. The first-order chi connectivity index (χ1) is 12.8. The topological polar surface area (TPSA) is 60.9 Å². The third-order valence-corrected chi connectivity index (χ3v) is 4.88. The van der Waals surface area contributed by atoms with E-state index in [1.807, 2.05) is 24.4 Å². The molecule has 7 heteroatoms. The summed E-state index contributed by atoms with van der Waals surface area (Å²) in [6.07, 6.45) is 3.38. The number of nitrogens with one attached hydrogen (secondary N) is 1. The lowest BCUT2D eigenvalue weighted by Gasteiger charge is -2.36. The van der Waals surface area contributed by atoms with Crippen LogP contribution >= 0.6 is 0 Å². The Balaban J connectivity index is 1.47. The predicted molar refractivity (Wildman–Crippen MR) is 100 cm³/mol. The molecule has 1 aliphatic rings. The van der Waals surface area contributed by atoms with Gasteiger partial charge >= 0.3 is 0 Å². The molecule has 1 fully saturated rings. The van der Waals surface area contributed by atoms with Crippen molar-refractivity contribution in [3.63, 3.8) is 0 Å². The van der Waals surface area contributed by atoms with Gasteiger partial charge in [0.2, 0.25) is 0 Å². The lowest BCUT2D eigenvalue weighted by molar-refractivity contribution is 0.630. The second-order valence-corrected chi connectivity index (χ2v) is 6.40. The molecule has 1 aromatic carbocycles. The molecule has 5 rings (SSSR count). The van der Waals surface area contributed by atoms with Crippen LogP contribution in [0.1, 0.15) is 0 Å². The minimum atomic E-state index is -0.262. The zero-order chi connectivity index (χ0) is 17.5. The highest BCUT2D eigenvalue weighted by atomic mass is 19.1. The quantitative estimate of drug-likeness (QED) is 0.603. The zero-order valence-corrected chi connectivity index (χ0v) is 14.1. The minimum absolute atomic E-state index is 0.262. The molecular formula is C19H17FN6. The molecule has 1 saturated heterocycles. The highest BCUT2D eigenvalue weighted by Crippen LogP contribution is 2.30. The highest BCUT2D eigenvalue weighted by molar-refractivity contribution is 6.08. The van der Waals surface area contributed by atoms with Crippen LogP contribution in [0.2, 0.25) is 0 Å². The summed E-state index contributed by atoms with van der Waals surface area (Å²) in [5.41, 5.74) is 2.49. The molecular weight excluding hydrogens is 331 g/mol. The van der Waals surface area contributed by atoms with Crippen molar-refractivity contribution in [1.29, 1.82) is 0 Å². The fourth-order valence-corrected chi connectivity index (χ4v) is 3.58. The van der Waals surface area contributed by atoms with Crippen LogP contribution in [0.15, 0.2) is 48.9 Å². The van der Waals surface area contributed by atoms with Crippen molar-refractivity contribution in [2.45, 2.75) is 0 Å². The van der Waals surface area contributed by atoms with Crippen LogP contribution in [0.5, 0.6) is 0 Å². The Kier molecular flexibility index (Phi) is 3.44. The number of nitrogens with zero attached hydrogens (tertiary/aromatic N) is 5. The summed E-state index contributed by atoms with van der Waals surface area (Å²) in [7, 11) is 0. The summed E-state index contributed by atoms with van der Waals surface area (Å²) >= 11 is 0. The number of halogens is 1. The lowest BCUT2D eigenvalue weighted by Crippen LogP contribution is -2.47. The van der Waals surface area contributed by atoms with Gasteiger partial charge in [0.25, 0.3) is 0 Å². The van der Waals surface area contributed by atoms with Crippen molar-refractivity contribution in [3.05, 3.63) is 54.7 Å². The van der Waals surface area contributed by atoms with Gasteiger partial charge < -0.3 is 14.8 Å². The van der Waals surface area contributed by atoms with Gasteiger partial charge in [0.05, 0.1) is 0 Å². The molecule has 0 unspecified atom stereocenters. The molecule has 3 aromatic heterocycles. The van der Waals surface area contributed by atoms with Crippen molar-refractivity contribution in [2.24, 2.45) is 0 Å². The van der Waals surface area contributed by atoms with Crippen molar-refractivity contribution < 1.29 is 4.39 Å². The van der Waals surface area contributed by atoms with E-state index >= 15 is 0 Å². The SMILES string of the molecule is Fc1ccc2[nH]c3c(N4CCN(c5ccccn5)CC4)ncnc3c2c1. The summed E-state index contributed by atoms with van der Waals surface area (Å²) in [6, 6.07) is 10.7. The third-order valence-electron chi connectivity index (χ3n) is 4.88. The number of H-pyrrole nitrogens is 1. The van der Waals surface area contributed by atoms with Crippen molar-refractivity contribution in [3.8, 4) is 0 Å². The monoisotopic (exact) mass is 348 g/mol. The Morgan fingerprint density at radius 3 is 2.58 bits per heavy atom. The molecule has 130 valence electrons. The number of piperazine rings is 1. The maximum atomic E-state index is 13.6. The van der Waals surface area contributed by atoms with Gasteiger partial charge in [-0.25, -0.2) is 19.3 Å². The molecule has 1 N–H and O–H groups in total. The maximum absolute atomic E-state index is 13.6. The summed E-state index contributed by atoms with van der Waals surface area (Å²) in [5, 5.41) is 0.788. The minimum Gasteiger partial charge on any atom is -0.353 e. The Morgan fingerprint density at radius 2 is 1.77 bits per heavy atom. The van der Waals surface area contributed by atoms with E-state index in [1.165, 1.54) is 12.1 Å². The average Bonchev–Trinajstić information content (AvgIpc) is 3.07. The smallest absolute Gasteiger partial charge is 0.156 e. The summed E-state index contributed by atoms with van der Waals surface area (Å²) in [4.78, 5) is 21.2. The number of pyridine rings is 1. The van der Waals surface area contributed by atoms with E-state index in [2.05, 4.69) is 29.7 Å². The third kappa shape index (κ3) is 2.44. The van der Waals surface area contributed by atoms with E-state index < -0.39 is 0 Å². The van der Waals surface area contributed by atoms with Crippen molar-refractivity contribution >= 4 is 33.6 Å². The molecule has 0 amide bonds. The van der Waals surface area contributed by atoms with Gasteiger partial charge in [-0.1, -0.05) is 6.07 Å². The Bertz CT molecular complexity index is 1070. The van der Waals surface area contributed by atoms with E-state index in [-0.39, 0.29) is 5.82 Å². The van der Waals surface area contributed by atoms with Gasteiger partial charge in [0.15, 0.2) is 5.82 Å². The van der Waals surface area contributed by atoms with Crippen LogP contribution < -0.4 is 9.80 Å². The number of aromatic nitrogens is 4. The fourth-order valence-electron chi connectivity index (χ4n) is 3.58. The van der Waals surface area contributed by atoms with Crippen LogP contribution in [-0.2, 0) is 0 Å². The molecule has 26 heavy (non-hydrogen) atoms. The van der Waals surface area contributed by atoms with Gasteiger partial charge in [0.1, 0.15) is 29.0 Å². The summed E-state index contributed by atoms with van der Waals surface area (Å²) in [6.45, 7) is 3.42. The predicted octanol–water partition coefficient (Wildman–Crippen LogP) is 2.97. The number of aromatic amines is 1. The number of fused-ring (bicyclic) bond motifs is 3. The standard InChI is InChI=1S/C19H17FN6/c20-13-4-5-15-14(11-13)17-18(24-15)19(23-12-22-17)26-9-7-25(8-10-26)16-3-1-2-6-21-16/h1-6,11-12,24H,7-10H2. The molecule has 0 bridgehead atoms. The first-order valence-electron chi connectivity index (χ1n) is 8.62. The Labute approximate surface area is 149 Å². The number of rotatable bonds is 2. The van der Waals surface area contributed by atoms with Crippen LogP contribution in [0.4, 0.5) is 16.0 Å². The van der Waals surface area contributed by atoms with E-state index in [1.54, 1.807) is 12.4 Å². The number of hydrogen-bond acceptors (Lipinski definition) is 5. The first-order valence-corrected chi connectivity index (χ1v) is 8.62. The van der Waals surface area contributed by atoms with Gasteiger partial charge in [-0.05, 0) is 30.3 Å². The second kappa shape index (κ2) is 5.94. The van der Waals surface area contributed by atoms with Gasteiger partial charge in [-0.2, -0.15) is 0 Å². The molecule has 4 aromatic rings. The fraction of sp³-hybridized carbons (Fsp3) is 0.211. The number of hydrogen-bond donors (Lipinski definition) is 1. The highest BCUT2D eigenvalue weighted by Gasteiger charge is 2.22. The van der Waals surface area contributed by atoms with Crippen LogP contribution in [0, 0.1) is 5.82 Å². The Morgan fingerprint density at radius 1 is 0.923 bits per heavy atom. The maximum Gasteiger partial charge on any atom is 0.156 e. The van der Waals surface area contributed by atoms with Crippen molar-refractivity contribution in [2.75, 3.05) is 36.0 Å². The van der Waals surface area contributed by atoms with Crippen LogP contribution in [0.3, 0.4) is 0 Å². The second-order valence-electron chi connectivity index (χ2n) is 6.40. The average molecular weight is 348 g/mol. The zero-order valence-electron chi connectivity index (χ0n) is 14.1. The van der Waals surface area contributed by atoms with E-state index in [0.29, 0.717) is 0 Å². The van der Waals surface area contributed by atoms with Crippen molar-refractivity contribution in [1.82, 2.24) is 19.9 Å². The molecule has 6 nitrogen and oxygen atoms in total. The Hall–Kier alpha value is -3.22. The lowest BCUT2D eigenvalue weighted by atomic mass is 10.2. The molecule has 0 radical (unpaired) electrons.